The first-order chi connectivity index (χ1) is 19.3. The maximum Gasteiger partial charge on any atom is 0.270 e. The van der Waals surface area contributed by atoms with Gasteiger partial charge in [-0.15, -0.1) is 0 Å². The molecule has 1 saturated heterocycles. The molecule has 1 aliphatic heterocycles. The molecular weight excluding hydrogens is 529 g/mol. The van der Waals surface area contributed by atoms with Crippen molar-refractivity contribution in [1.82, 2.24) is 9.88 Å². The number of hydrogen-bond acceptors (Lipinski definition) is 5. The quantitative estimate of drug-likeness (QED) is 0.181. The normalized spacial score (nSPS) is 14.4. The van der Waals surface area contributed by atoms with Crippen LogP contribution in [0.15, 0.2) is 84.4 Å². The van der Waals surface area contributed by atoms with E-state index in [4.69, 9.17) is 21.7 Å². The lowest BCUT2D eigenvalue weighted by Crippen LogP contribution is -2.54. The van der Waals surface area contributed by atoms with E-state index in [0.29, 0.717) is 22.7 Å². The molecule has 40 heavy (non-hydrogen) atoms. The summed E-state index contributed by atoms with van der Waals surface area (Å²) in [5.74, 6) is -0.133. The molecule has 1 aliphatic rings. The summed E-state index contributed by atoms with van der Waals surface area (Å²) in [5.41, 5.74) is 4.32. The van der Waals surface area contributed by atoms with Crippen LogP contribution in [0.1, 0.15) is 22.5 Å². The third-order valence-corrected chi connectivity index (χ3v) is 6.93. The smallest absolute Gasteiger partial charge is 0.270 e. The molecule has 0 aliphatic carbocycles. The number of carbonyl (C=O) groups is 2. The van der Waals surface area contributed by atoms with Crippen molar-refractivity contribution in [3.63, 3.8) is 0 Å². The number of nitrogens with one attached hydrogen (secondary N) is 1. The van der Waals surface area contributed by atoms with E-state index in [-0.39, 0.29) is 23.1 Å². The van der Waals surface area contributed by atoms with Crippen molar-refractivity contribution in [1.29, 1.82) is 0 Å². The number of halogens is 1. The summed E-state index contributed by atoms with van der Waals surface area (Å²) in [6.07, 6.45) is 1.58. The molecule has 1 fully saturated rings. The highest BCUT2D eigenvalue weighted by Crippen LogP contribution is 2.28. The monoisotopic (exact) mass is 555 g/mol. The van der Waals surface area contributed by atoms with E-state index in [1.165, 1.54) is 11.0 Å². The fourth-order valence-electron chi connectivity index (χ4n) is 4.58. The third kappa shape index (κ3) is 5.23. The van der Waals surface area contributed by atoms with Gasteiger partial charge in [0.1, 0.15) is 29.5 Å². The number of benzene rings is 3. The molecule has 9 heteroatoms. The lowest BCUT2D eigenvalue weighted by Gasteiger charge is -2.29. The zero-order valence-corrected chi connectivity index (χ0v) is 22.9. The molecule has 7 nitrogen and oxygen atoms in total. The number of anilines is 1. The third-order valence-electron chi connectivity index (χ3n) is 6.65. The van der Waals surface area contributed by atoms with Crippen LogP contribution in [0.25, 0.3) is 11.8 Å². The summed E-state index contributed by atoms with van der Waals surface area (Å²) in [6, 6.07) is 22.7. The lowest BCUT2D eigenvalue weighted by molar-refractivity contribution is -0.122. The number of thiocarbonyl (C=S) groups is 1. The Balaban J connectivity index is 1.39. The Morgan fingerprint density at radius 1 is 0.925 bits per heavy atom. The van der Waals surface area contributed by atoms with Gasteiger partial charge in [-0.2, -0.15) is 0 Å². The van der Waals surface area contributed by atoms with Crippen molar-refractivity contribution in [2.75, 3.05) is 12.0 Å². The van der Waals surface area contributed by atoms with Crippen LogP contribution in [0.4, 0.5) is 10.1 Å². The van der Waals surface area contributed by atoms with Crippen LogP contribution in [0, 0.1) is 19.7 Å². The Hall–Kier alpha value is -4.76. The van der Waals surface area contributed by atoms with E-state index in [1.54, 1.807) is 55.7 Å². The average molecular weight is 556 g/mol. The van der Waals surface area contributed by atoms with Crippen molar-refractivity contribution < 1.29 is 23.5 Å². The molecular formula is C31H26FN3O4S. The van der Waals surface area contributed by atoms with Gasteiger partial charge in [-0.05, 0) is 98.4 Å². The van der Waals surface area contributed by atoms with Crippen LogP contribution in [0.2, 0.25) is 0 Å². The second kappa shape index (κ2) is 11.2. The largest absolute Gasteiger partial charge is 0.497 e. The highest BCUT2D eigenvalue weighted by molar-refractivity contribution is 7.80. The molecule has 4 aromatic rings. The first-order valence-corrected chi connectivity index (χ1v) is 12.9. The van der Waals surface area contributed by atoms with Gasteiger partial charge < -0.3 is 14.0 Å². The van der Waals surface area contributed by atoms with E-state index >= 15 is 0 Å². The molecule has 3 aromatic carbocycles. The van der Waals surface area contributed by atoms with Crippen LogP contribution in [-0.4, -0.2) is 28.6 Å². The van der Waals surface area contributed by atoms with Crippen LogP contribution in [0.5, 0.6) is 11.5 Å². The summed E-state index contributed by atoms with van der Waals surface area (Å²) in [5, 5.41) is 2.63. The van der Waals surface area contributed by atoms with Crippen LogP contribution < -0.4 is 19.7 Å². The highest BCUT2D eigenvalue weighted by atomic mass is 32.1. The van der Waals surface area contributed by atoms with E-state index < -0.39 is 11.8 Å². The highest BCUT2D eigenvalue weighted by Gasteiger charge is 2.34. The van der Waals surface area contributed by atoms with Gasteiger partial charge in [0.05, 0.1) is 12.8 Å². The number of methoxy groups -OCH3 is 1. The summed E-state index contributed by atoms with van der Waals surface area (Å²) < 4.78 is 26.9. The fourth-order valence-corrected chi connectivity index (χ4v) is 4.86. The van der Waals surface area contributed by atoms with Gasteiger partial charge in [0.15, 0.2) is 5.11 Å². The average Bonchev–Trinajstić information content (AvgIpc) is 3.23. The summed E-state index contributed by atoms with van der Waals surface area (Å²) in [7, 11) is 1.56. The number of nitrogens with zero attached hydrogens (tertiary/aromatic N) is 2. The molecule has 2 heterocycles. The number of aryl methyl sites for hydroxylation is 1. The maximum absolute atomic E-state index is 13.9. The van der Waals surface area contributed by atoms with Gasteiger partial charge in [-0.1, -0.05) is 18.2 Å². The molecule has 0 saturated carbocycles. The summed E-state index contributed by atoms with van der Waals surface area (Å²) in [6.45, 7) is 3.98. The topological polar surface area (TPSA) is 72.8 Å². The molecule has 0 spiro atoms. The Labute approximate surface area is 236 Å². The van der Waals surface area contributed by atoms with Gasteiger partial charge in [-0.3, -0.25) is 19.8 Å². The summed E-state index contributed by atoms with van der Waals surface area (Å²) >= 11 is 5.30. The predicted molar refractivity (Wildman–Crippen MR) is 155 cm³/mol. The molecule has 0 unspecified atom stereocenters. The number of carbonyl (C=O) groups excluding carboxylic acids is 2. The maximum atomic E-state index is 13.9. The van der Waals surface area contributed by atoms with Crippen molar-refractivity contribution >= 4 is 40.9 Å². The number of amides is 2. The van der Waals surface area contributed by atoms with Gasteiger partial charge in [0.2, 0.25) is 0 Å². The Morgan fingerprint density at radius 2 is 1.57 bits per heavy atom. The van der Waals surface area contributed by atoms with E-state index in [9.17, 15) is 14.0 Å². The summed E-state index contributed by atoms with van der Waals surface area (Å²) in [4.78, 5) is 27.5. The van der Waals surface area contributed by atoms with Gasteiger partial charge in [0.25, 0.3) is 11.8 Å². The first-order valence-electron chi connectivity index (χ1n) is 12.5. The second-order valence-electron chi connectivity index (χ2n) is 9.19. The van der Waals surface area contributed by atoms with Crippen LogP contribution in [0.3, 0.4) is 0 Å². The second-order valence-corrected chi connectivity index (χ2v) is 9.58. The lowest BCUT2D eigenvalue weighted by atomic mass is 10.1. The van der Waals surface area contributed by atoms with Gasteiger partial charge in [-0.25, -0.2) is 4.39 Å². The van der Waals surface area contributed by atoms with E-state index in [1.807, 2.05) is 48.7 Å². The first kappa shape index (κ1) is 26.8. The SMILES string of the molecule is COc1ccc(N2C(=O)/C(=C/c3cc(C)n(-c4ccc(OCc5ccccc5F)cc4)c3C)C(=O)NC2=S)cc1. The van der Waals surface area contributed by atoms with Gasteiger partial charge >= 0.3 is 0 Å². The van der Waals surface area contributed by atoms with Crippen molar-refractivity contribution in [2.45, 2.75) is 20.5 Å². The van der Waals surface area contributed by atoms with Crippen molar-refractivity contribution in [3.05, 3.63) is 113 Å². The Kier molecular flexibility index (Phi) is 7.48. The van der Waals surface area contributed by atoms with Crippen LogP contribution >= 0.6 is 12.2 Å². The Morgan fingerprint density at radius 3 is 2.25 bits per heavy atom. The standard InChI is InChI=1S/C31H26FN3O4S/c1-19-16-22(17-27-29(36)33-31(40)35(30(27)37)24-8-12-25(38-3)13-9-24)20(2)34(19)23-10-14-26(15-11-23)39-18-21-6-4-5-7-28(21)32/h4-17H,18H2,1-3H3,(H,33,36,40)/b27-17+. The molecule has 0 radical (unpaired) electrons. The number of hydrogen-bond donors (Lipinski definition) is 1. The number of rotatable bonds is 7. The zero-order valence-electron chi connectivity index (χ0n) is 22.1. The zero-order chi connectivity index (χ0) is 28.4. The fraction of sp³-hybridized carbons (Fsp3) is 0.129. The molecule has 0 atom stereocenters. The van der Waals surface area contributed by atoms with Crippen LogP contribution in [-0.2, 0) is 16.2 Å². The number of ether oxygens (including phenoxy) is 2. The van der Waals surface area contributed by atoms with E-state index in [0.717, 1.165) is 22.6 Å². The molecule has 202 valence electrons. The van der Waals surface area contributed by atoms with Gasteiger partial charge in [0, 0.05) is 22.6 Å². The minimum Gasteiger partial charge on any atom is -0.497 e. The molecule has 5 rings (SSSR count). The Bertz CT molecular complexity index is 1640. The minimum absolute atomic E-state index is 0.0140. The molecule has 2 amide bonds. The molecule has 1 N–H and O–H groups in total. The number of aromatic nitrogens is 1. The molecule has 0 bridgehead atoms. The van der Waals surface area contributed by atoms with E-state index in [2.05, 4.69) is 5.32 Å². The van der Waals surface area contributed by atoms with Crippen molar-refractivity contribution in [3.8, 4) is 17.2 Å². The van der Waals surface area contributed by atoms with Crippen molar-refractivity contribution in [2.24, 2.45) is 0 Å². The predicted octanol–water partition coefficient (Wildman–Crippen LogP) is 5.65. The minimum atomic E-state index is -0.555. The molecule has 1 aromatic heterocycles.